The fourth-order valence-corrected chi connectivity index (χ4v) is 5.55. The van der Waals surface area contributed by atoms with Gasteiger partial charge in [-0.15, -0.1) is 0 Å². The van der Waals surface area contributed by atoms with Crippen LogP contribution in [0.25, 0.3) is 0 Å². The lowest BCUT2D eigenvalue weighted by Gasteiger charge is -2.62. The molecule has 3 N–H and O–H groups in total. The van der Waals surface area contributed by atoms with Gasteiger partial charge in [-0.3, -0.25) is 0 Å². The average Bonchev–Trinajstić information content (AvgIpc) is 2.24. The summed E-state index contributed by atoms with van der Waals surface area (Å²) in [5.74, 6) is 1.97. The van der Waals surface area contributed by atoms with Crippen LogP contribution >= 0.6 is 0 Å². The molecular formula is C16H30N2. The van der Waals surface area contributed by atoms with E-state index < -0.39 is 0 Å². The Balaban J connectivity index is 1.76. The van der Waals surface area contributed by atoms with Crippen molar-refractivity contribution in [3.05, 3.63) is 0 Å². The maximum Gasteiger partial charge on any atom is 0.00967 e. The topological polar surface area (TPSA) is 38.0 Å². The normalized spacial score (nSPS) is 46.7. The molecule has 4 aliphatic carbocycles. The first-order chi connectivity index (χ1) is 8.34. The molecule has 4 bridgehead atoms. The summed E-state index contributed by atoms with van der Waals surface area (Å²) in [5, 5.41) is 3.78. The van der Waals surface area contributed by atoms with Crippen molar-refractivity contribution in [2.24, 2.45) is 28.4 Å². The van der Waals surface area contributed by atoms with Crippen LogP contribution in [0, 0.1) is 22.7 Å². The molecule has 0 aromatic heterocycles. The maximum atomic E-state index is 6.15. The van der Waals surface area contributed by atoms with Gasteiger partial charge in [-0.1, -0.05) is 0 Å². The SMILES string of the molecule is CC(C)(C)NCC12CC3CC(CC(CN)(C3)C1)C2. The molecule has 0 saturated heterocycles. The van der Waals surface area contributed by atoms with E-state index in [2.05, 4.69) is 26.1 Å². The summed E-state index contributed by atoms with van der Waals surface area (Å²) in [5.41, 5.74) is 7.49. The van der Waals surface area contributed by atoms with Gasteiger partial charge in [0.2, 0.25) is 0 Å². The molecule has 4 aliphatic rings. The van der Waals surface area contributed by atoms with E-state index in [-0.39, 0.29) is 5.54 Å². The Morgan fingerprint density at radius 3 is 2.11 bits per heavy atom. The molecule has 0 heterocycles. The van der Waals surface area contributed by atoms with Crippen molar-refractivity contribution in [1.29, 1.82) is 0 Å². The largest absolute Gasteiger partial charge is 0.330 e. The molecule has 4 fully saturated rings. The van der Waals surface area contributed by atoms with Crippen molar-refractivity contribution in [2.75, 3.05) is 13.1 Å². The third kappa shape index (κ3) is 2.22. The molecule has 18 heavy (non-hydrogen) atoms. The van der Waals surface area contributed by atoms with Gasteiger partial charge in [-0.05, 0) is 88.5 Å². The second-order valence-electron chi connectivity index (χ2n) is 8.77. The Hall–Kier alpha value is -0.0800. The summed E-state index contributed by atoms with van der Waals surface area (Å²) >= 11 is 0. The van der Waals surface area contributed by atoms with Gasteiger partial charge in [-0.2, -0.15) is 0 Å². The summed E-state index contributed by atoms with van der Waals surface area (Å²) in [6, 6.07) is 0. The van der Waals surface area contributed by atoms with Crippen molar-refractivity contribution in [1.82, 2.24) is 5.32 Å². The monoisotopic (exact) mass is 250 g/mol. The molecule has 4 saturated carbocycles. The number of hydrogen-bond acceptors (Lipinski definition) is 2. The number of nitrogens with one attached hydrogen (secondary N) is 1. The predicted octanol–water partition coefficient (Wildman–Crippen LogP) is 2.92. The fraction of sp³-hybridized carbons (Fsp3) is 1.00. The Morgan fingerprint density at radius 1 is 1.06 bits per heavy atom. The molecule has 104 valence electrons. The highest BCUT2D eigenvalue weighted by Crippen LogP contribution is 2.64. The van der Waals surface area contributed by atoms with Crippen molar-refractivity contribution < 1.29 is 0 Å². The first kappa shape index (κ1) is 12.9. The van der Waals surface area contributed by atoms with E-state index >= 15 is 0 Å². The average molecular weight is 250 g/mol. The summed E-state index contributed by atoms with van der Waals surface area (Å²) < 4.78 is 0. The number of nitrogens with two attached hydrogens (primary N) is 1. The highest BCUT2D eigenvalue weighted by Gasteiger charge is 2.56. The molecule has 2 unspecified atom stereocenters. The minimum atomic E-state index is 0.249. The smallest absolute Gasteiger partial charge is 0.00967 e. The van der Waals surface area contributed by atoms with Gasteiger partial charge in [-0.25, -0.2) is 0 Å². The zero-order chi connectivity index (χ0) is 13.0. The van der Waals surface area contributed by atoms with Gasteiger partial charge >= 0.3 is 0 Å². The quantitative estimate of drug-likeness (QED) is 0.808. The van der Waals surface area contributed by atoms with Crippen LogP contribution < -0.4 is 11.1 Å². The molecule has 0 spiro atoms. The van der Waals surface area contributed by atoms with E-state index in [4.69, 9.17) is 5.73 Å². The van der Waals surface area contributed by atoms with E-state index in [9.17, 15) is 0 Å². The second-order valence-corrected chi connectivity index (χ2v) is 8.77. The van der Waals surface area contributed by atoms with Gasteiger partial charge in [0.15, 0.2) is 0 Å². The number of hydrogen-bond donors (Lipinski definition) is 2. The van der Waals surface area contributed by atoms with E-state index in [0.29, 0.717) is 10.8 Å². The Bertz CT molecular complexity index is 314. The van der Waals surface area contributed by atoms with Crippen molar-refractivity contribution >= 4 is 0 Å². The zero-order valence-corrected chi connectivity index (χ0v) is 12.4. The van der Waals surface area contributed by atoms with E-state index in [1.165, 1.54) is 45.1 Å². The second kappa shape index (κ2) is 3.96. The van der Waals surface area contributed by atoms with Gasteiger partial charge in [0.1, 0.15) is 0 Å². The lowest BCUT2D eigenvalue weighted by Crippen LogP contribution is -2.58. The van der Waals surface area contributed by atoms with Crippen molar-refractivity contribution in [3.8, 4) is 0 Å². The van der Waals surface area contributed by atoms with Gasteiger partial charge in [0.25, 0.3) is 0 Å². The molecule has 2 heteroatoms. The molecule has 0 amide bonds. The third-order valence-electron chi connectivity index (χ3n) is 5.73. The Kier molecular flexibility index (Phi) is 2.84. The summed E-state index contributed by atoms with van der Waals surface area (Å²) in [6.07, 6.45) is 8.68. The molecule has 4 rings (SSSR count). The van der Waals surface area contributed by atoms with E-state index in [0.717, 1.165) is 18.4 Å². The van der Waals surface area contributed by atoms with Crippen molar-refractivity contribution in [2.45, 2.75) is 64.8 Å². The molecule has 2 nitrogen and oxygen atoms in total. The summed E-state index contributed by atoms with van der Waals surface area (Å²) in [6.45, 7) is 8.99. The fourth-order valence-electron chi connectivity index (χ4n) is 5.55. The van der Waals surface area contributed by atoms with Gasteiger partial charge in [0.05, 0.1) is 0 Å². The van der Waals surface area contributed by atoms with Crippen LogP contribution in [0.5, 0.6) is 0 Å². The highest BCUT2D eigenvalue weighted by atomic mass is 15.0. The zero-order valence-electron chi connectivity index (χ0n) is 12.4. The van der Waals surface area contributed by atoms with Crippen molar-refractivity contribution in [3.63, 3.8) is 0 Å². The lowest BCUT2D eigenvalue weighted by molar-refractivity contribution is -0.106. The van der Waals surface area contributed by atoms with E-state index in [1.807, 2.05) is 0 Å². The van der Waals surface area contributed by atoms with Crippen LogP contribution in [-0.4, -0.2) is 18.6 Å². The molecule has 0 aromatic carbocycles. The molecule has 0 radical (unpaired) electrons. The van der Waals surface area contributed by atoms with E-state index in [1.54, 1.807) is 0 Å². The first-order valence-corrected chi connectivity index (χ1v) is 7.79. The minimum Gasteiger partial charge on any atom is -0.330 e. The maximum absolute atomic E-state index is 6.15. The first-order valence-electron chi connectivity index (χ1n) is 7.79. The van der Waals surface area contributed by atoms with Gasteiger partial charge < -0.3 is 11.1 Å². The summed E-state index contributed by atoms with van der Waals surface area (Å²) in [4.78, 5) is 0. The van der Waals surface area contributed by atoms with Crippen LogP contribution in [-0.2, 0) is 0 Å². The Labute approximate surface area is 112 Å². The molecule has 2 atom stereocenters. The standard InChI is InChI=1S/C16H30N2/c1-14(2,3)18-11-16-7-12-4-13(8-16)6-15(5-12,9-16)10-17/h12-13,18H,4-11,17H2,1-3H3. The minimum absolute atomic E-state index is 0.249. The van der Waals surface area contributed by atoms with Gasteiger partial charge in [0, 0.05) is 12.1 Å². The lowest BCUT2D eigenvalue weighted by atomic mass is 9.44. The highest BCUT2D eigenvalue weighted by molar-refractivity contribution is 5.08. The molecule has 0 aliphatic heterocycles. The summed E-state index contributed by atoms with van der Waals surface area (Å²) in [7, 11) is 0. The van der Waals surface area contributed by atoms with Crippen LogP contribution in [0.3, 0.4) is 0 Å². The Morgan fingerprint density at radius 2 is 1.61 bits per heavy atom. The van der Waals surface area contributed by atoms with Crippen LogP contribution in [0.2, 0.25) is 0 Å². The number of rotatable bonds is 3. The predicted molar refractivity (Wildman–Crippen MR) is 76.4 cm³/mol. The van der Waals surface area contributed by atoms with Crippen LogP contribution in [0.1, 0.15) is 59.3 Å². The molecular weight excluding hydrogens is 220 g/mol. The third-order valence-corrected chi connectivity index (χ3v) is 5.73. The molecule has 0 aromatic rings. The van der Waals surface area contributed by atoms with Crippen LogP contribution in [0.15, 0.2) is 0 Å². The van der Waals surface area contributed by atoms with Crippen LogP contribution in [0.4, 0.5) is 0 Å².